The van der Waals surface area contributed by atoms with Crippen LogP contribution in [0.3, 0.4) is 0 Å². The van der Waals surface area contributed by atoms with E-state index in [9.17, 15) is 9.90 Å². The Hall–Kier alpha value is -2.05. The van der Waals surface area contributed by atoms with E-state index in [-0.39, 0.29) is 18.4 Å². The van der Waals surface area contributed by atoms with Crippen molar-refractivity contribution >= 4 is 16.8 Å². The molecule has 1 N–H and O–H groups in total. The number of ether oxygens (including phenoxy) is 2. The molecule has 1 saturated heterocycles. The highest BCUT2D eigenvalue weighted by molar-refractivity contribution is 5.87. The van der Waals surface area contributed by atoms with Gasteiger partial charge in [-0.15, -0.1) is 0 Å². The fourth-order valence-electron chi connectivity index (χ4n) is 4.73. The average Bonchev–Trinajstić information content (AvgIpc) is 3.13. The summed E-state index contributed by atoms with van der Waals surface area (Å²) < 4.78 is 13.2. The van der Waals surface area contributed by atoms with Gasteiger partial charge in [-0.1, -0.05) is 18.9 Å². The Kier molecular flexibility index (Phi) is 5.60. The molecule has 2 atom stereocenters. The molecule has 6 heteroatoms. The molecular formula is C22H30N2O4. The number of piperidine rings is 1. The van der Waals surface area contributed by atoms with Gasteiger partial charge in [0.05, 0.1) is 17.7 Å². The molecule has 1 amide bonds. The van der Waals surface area contributed by atoms with Crippen molar-refractivity contribution in [3.63, 3.8) is 0 Å². The van der Waals surface area contributed by atoms with Crippen LogP contribution >= 0.6 is 0 Å². The predicted molar refractivity (Wildman–Crippen MR) is 107 cm³/mol. The summed E-state index contributed by atoms with van der Waals surface area (Å²) in [6.07, 6.45) is 6.83. The Labute approximate surface area is 166 Å². The molecule has 2 aliphatic rings. The second-order valence-electron chi connectivity index (χ2n) is 8.12. The van der Waals surface area contributed by atoms with Gasteiger partial charge in [-0.3, -0.25) is 4.79 Å². The molecule has 2 unspecified atom stereocenters. The van der Waals surface area contributed by atoms with Crippen molar-refractivity contribution < 1.29 is 19.4 Å². The van der Waals surface area contributed by atoms with E-state index in [1.54, 1.807) is 7.11 Å². The number of carbonyl (C=O) groups is 1. The first-order chi connectivity index (χ1) is 13.6. The lowest BCUT2D eigenvalue weighted by molar-refractivity contribution is -0.145. The van der Waals surface area contributed by atoms with Gasteiger partial charge >= 0.3 is 0 Å². The third-order valence-electron chi connectivity index (χ3n) is 6.44. The number of nitrogens with zero attached hydrogens (tertiary/aromatic N) is 2. The highest BCUT2D eigenvalue weighted by Crippen LogP contribution is 2.39. The number of amides is 1. The molecule has 28 heavy (non-hydrogen) atoms. The number of likely N-dealkylation sites (tertiary alicyclic amines) is 1. The van der Waals surface area contributed by atoms with Crippen molar-refractivity contribution in [2.75, 3.05) is 33.4 Å². The van der Waals surface area contributed by atoms with Gasteiger partial charge < -0.3 is 24.0 Å². The highest BCUT2D eigenvalue weighted by Gasteiger charge is 2.43. The van der Waals surface area contributed by atoms with Crippen molar-refractivity contribution in [2.45, 2.75) is 44.2 Å². The van der Waals surface area contributed by atoms with Crippen LogP contribution in [0.5, 0.6) is 5.75 Å². The maximum atomic E-state index is 12.7. The summed E-state index contributed by atoms with van der Waals surface area (Å²) in [6.45, 7) is 2.73. The molecule has 2 heterocycles. The van der Waals surface area contributed by atoms with Gasteiger partial charge in [0.25, 0.3) is 5.91 Å². The van der Waals surface area contributed by atoms with E-state index in [1.807, 2.05) is 35.4 Å². The summed E-state index contributed by atoms with van der Waals surface area (Å²) >= 11 is 0. The first-order valence-corrected chi connectivity index (χ1v) is 10.3. The Morgan fingerprint density at radius 1 is 1.29 bits per heavy atom. The SMILES string of the molecule is COCCn1ccc2c(OCC(=O)N3CCC4(O)CCCCC4C3)cccc21. The minimum absolute atomic E-state index is 0.00319. The lowest BCUT2D eigenvalue weighted by Gasteiger charge is -2.47. The van der Waals surface area contributed by atoms with Crippen LogP contribution in [-0.4, -0.2) is 59.5 Å². The highest BCUT2D eigenvalue weighted by atomic mass is 16.5. The minimum atomic E-state index is -0.563. The van der Waals surface area contributed by atoms with Crippen LogP contribution in [0, 0.1) is 5.92 Å². The van der Waals surface area contributed by atoms with E-state index in [4.69, 9.17) is 9.47 Å². The summed E-state index contributed by atoms with van der Waals surface area (Å²) in [6, 6.07) is 7.93. The summed E-state index contributed by atoms with van der Waals surface area (Å²) in [5.41, 5.74) is 0.513. The van der Waals surface area contributed by atoms with Crippen molar-refractivity contribution in [3.8, 4) is 5.75 Å². The molecule has 0 spiro atoms. The van der Waals surface area contributed by atoms with Crippen molar-refractivity contribution in [1.29, 1.82) is 0 Å². The molecule has 1 aliphatic carbocycles. The normalized spacial score (nSPS) is 24.9. The molecule has 1 aromatic heterocycles. The molecule has 6 nitrogen and oxygen atoms in total. The van der Waals surface area contributed by atoms with Gasteiger partial charge in [-0.05, 0) is 37.5 Å². The summed E-state index contributed by atoms with van der Waals surface area (Å²) in [7, 11) is 1.70. The summed E-state index contributed by atoms with van der Waals surface area (Å²) in [5.74, 6) is 0.939. The number of fused-ring (bicyclic) bond motifs is 2. The van der Waals surface area contributed by atoms with Crippen molar-refractivity contribution in [1.82, 2.24) is 9.47 Å². The number of methoxy groups -OCH3 is 1. The Morgan fingerprint density at radius 3 is 3.04 bits per heavy atom. The predicted octanol–water partition coefficient (Wildman–Crippen LogP) is 2.82. The Balaban J connectivity index is 1.39. The van der Waals surface area contributed by atoms with Crippen LogP contribution in [0.25, 0.3) is 10.9 Å². The van der Waals surface area contributed by atoms with Gasteiger partial charge in [0.2, 0.25) is 0 Å². The lowest BCUT2D eigenvalue weighted by Crippen LogP contribution is -2.55. The number of hydrogen-bond donors (Lipinski definition) is 1. The number of aliphatic hydroxyl groups is 1. The van der Waals surface area contributed by atoms with E-state index in [0.29, 0.717) is 26.1 Å². The lowest BCUT2D eigenvalue weighted by atomic mass is 9.71. The van der Waals surface area contributed by atoms with E-state index < -0.39 is 5.60 Å². The zero-order valence-corrected chi connectivity index (χ0v) is 16.6. The van der Waals surface area contributed by atoms with Crippen LogP contribution in [0.2, 0.25) is 0 Å². The Morgan fingerprint density at radius 2 is 2.18 bits per heavy atom. The molecule has 2 aromatic rings. The average molecular weight is 386 g/mol. The molecule has 2 fully saturated rings. The molecule has 1 saturated carbocycles. The van der Waals surface area contributed by atoms with Gasteiger partial charge in [0.1, 0.15) is 5.75 Å². The third kappa shape index (κ3) is 3.76. The third-order valence-corrected chi connectivity index (χ3v) is 6.44. The first kappa shape index (κ1) is 19.3. The standard InChI is InChI=1S/C22H30N2O4/c1-27-14-13-23-11-8-18-19(23)6-4-7-20(18)28-16-21(25)24-12-10-22(26)9-3-2-5-17(22)15-24/h4,6-8,11,17,26H,2-3,5,9-10,12-16H2,1H3. The fraction of sp³-hybridized carbons (Fsp3) is 0.591. The van der Waals surface area contributed by atoms with Crippen LogP contribution in [-0.2, 0) is 16.1 Å². The number of carbonyl (C=O) groups excluding carboxylic acids is 1. The van der Waals surface area contributed by atoms with Gasteiger partial charge in [-0.2, -0.15) is 0 Å². The summed E-state index contributed by atoms with van der Waals surface area (Å²) in [5, 5.41) is 11.8. The monoisotopic (exact) mass is 386 g/mol. The molecule has 152 valence electrons. The first-order valence-electron chi connectivity index (χ1n) is 10.3. The van der Waals surface area contributed by atoms with Crippen LogP contribution in [0.15, 0.2) is 30.5 Å². The topological polar surface area (TPSA) is 63.9 Å². The molecule has 0 radical (unpaired) electrons. The van der Waals surface area contributed by atoms with Crippen LogP contribution < -0.4 is 4.74 Å². The number of benzene rings is 1. The maximum absolute atomic E-state index is 12.7. The number of rotatable bonds is 6. The Bertz CT molecular complexity index is 833. The van der Waals surface area contributed by atoms with E-state index in [1.165, 1.54) is 0 Å². The molecular weight excluding hydrogens is 356 g/mol. The van der Waals surface area contributed by atoms with E-state index in [0.717, 1.165) is 48.9 Å². The molecule has 1 aromatic carbocycles. The van der Waals surface area contributed by atoms with Crippen molar-refractivity contribution in [3.05, 3.63) is 30.5 Å². The molecule has 1 aliphatic heterocycles. The smallest absolute Gasteiger partial charge is 0.260 e. The molecule has 4 rings (SSSR count). The van der Waals surface area contributed by atoms with Crippen molar-refractivity contribution in [2.24, 2.45) is 5.92 Å². The quantitative estimate of drug-likeness (QED) is 0.829. The second-order valence-corrected chi connectivity index (χ2v) is 8.12. The zero-order valence-electron chi connectivity index (χ0n) is 16.6. The number of hydrogen-bond acceptors (Lipinski definition) is 4. The van der Waals surface area contributed by atoms with Crippen LogP contribution in [0.1, 0.15) is 32.1 Å². The van der Waals surface area contributed by atoms with Gasteiger partial charge in [0, 0.05) is 44.2 Å². The van der Waals surface area contributed by atoms with Crippen LogP contribution in [0.4, 0.5) is 0 Å². The van der Waals surface area contributed by atoms with E-state index >= 15 is 0 Å². The van der Waals surface area contributed by atoms with E-state index in [2.05, 4.69) is 4.57 Å². The zero-order chi connectivity index (χ0) is 19.6. The largest absolute Gasteiger partial charge is 0.483 e. The maximum Gasteiger partial charge on any atom is 0.260 e. The summed E-state index contributed by atoms with van der Waals surface area (Å²) in [4.78, 5) is 14.6. The van der Waals surface area contributed by atoms with Gasteiger partial charge in [-0.25, -0.2) is 0 Å². The second kappa shape index (κ2) is 8.13. The van der Waals surface area contributed by atoms with Gasteiger partial charge in [0.15, 0.2) is 6.61 Å². The fourth-order valence-corrected chi connectivity index (χ4v) is 4.73. The molecule has 0 bridgehead atoms. The number of aromatic nitrogens is 1. The minimum Gasteiger partial charge on any atom is -0.483 e.